The summed E-state index contributed by atoms with van der Waals surface area (Å²) in [6.07, 6.45) is 0. The van der Waals surface area contributed by atoms with Crippen molar-refractivity contribution in [1.29, 1.82) is 0 Å². The van der Waals surface area contributed by atoms with Crippen LogP contribution in [0.1, 0.15) is 4.88 Å². The van der Waals surface area contributed by atoms with Crippen molar-refractivity contribution < 1.29 is 0 Å². The molecule has 0 atom stereocenters. The number of rotatable bonds is 1. The fraction of sp³-hybridized carbons (Fsp3) is 0.100. The minimum Gasteiger partial charge on any atom is -0.383 e. The summed E-state index contributed by atoms with van der Waals surface area (Å²) in [4.78, 5) is 5.32. The number of anilines is 1. The molecule has 0 bridgehead atoms. The Morgan fingerprint density at radius 2 is 2.20 bits per heavy atom. The summed E-state index contributed by atoms with van der Waals surface area (Å²) < 4.78 is 0.869. The SMILES string of the molecule is Cc1sc(-c2ccc(Cl)c(Br)c2)nc1N. The van der Waals surface area contributed by atoms with E-state index in [1.165, 1.54) is 0 Å². The lowest BCUT2D eigenvalue weighted by Crippen LogP contribution is -1.86. The normalized spacial score (nSPS) is 10.6. The van der Waals surface area contributed by atoms with Gasteiger partial charge in [-0.2, -0.15) is 0 Å². The van der Waals surface area contributed by atoms with Gasteiger partial charge in [0, 0.05) is 14.9 Å². The number of nitrogen functional groups attached to an aromatic ring is 1. The van der Waals surface area contributed by atoms with Crippen LogP contribution in [0.15, 0.2) is 22.7 Å². The van der Waals surface area contributed by atoms with Gasteiger partial charge in [0.25, 0.3) is 0 Å². The van der Waals surface area contributed by atoms with Crippen LogP contribution in [0.2, 0.25) is 5.02 Å². The van der Waals surface area contributed by atoms with Crippen LogP contribution >= 0.6 is 38.9 Å². The lowest BCUT2D eigenvalue weighted by Gasteiger charge is -1.98. The fourth-order valence-electron chi connectivity index (χ4n) is 1.16. The monoisotopic (exact) mass is 302 g/mol. The lowest BCUT2D eigenvalue weighted by molar-refractivity contribution is 1.38. The smallest absolute Gasteiger partial charge is 0.138 e. The van der Waals surface area contributed by atoms with E-state index in [-0.39, 0.29) is 0 Å². The van der Waals surface area contributed by atoms with E-state index in [1.807, 2.05) is 25.1 Å². The van der Waals surface area contributed by atoms with Crippen LogP contribution in [0.4, 0.5) is 5.82 Å². The molecule has 0 spiro atoms. The van der Waals surface area contributed by atoms with Crippen LogP contribution in [0.3, 0.4) is 0 Å². The molecule has 78 valence electrons. The molecule has 0 aliphatic carbocycles. The maximum absolute atomic E-state index is 5.92. The topological polar surface area (TPSA) is 38.9 Å². The molecule has 0 aliphatic rings. The second-order valence-electron chi connectivity index (χ2n) is 3.09. The van der Waals surface area contributed by atoms with E-state index >= 15 is 0 Å². The molecule has 2 nitrogen and oxygen atoms in total. The molecule has 1 heterocycles. The largest absolute Gasteiger partial charge is 0.383 e. The highest BCUT2D eigenvalue weighted by atomic mass is 79.9. The van der Waals surface area contributed by atoms with Gasteiger partial charge >= 0.3 is 0 Å². The summed E-state index contributed by atoms with van der Waals surface area (Å²) in [5, 5.41) is 1.61. The van der Waals surface area contributed by atoms with Gasteiger partial charge in [-0.1, -0.05) is 17.7 Å². The third-order valence-electron chi connectivity index (χ3n) is 2.00. The van der Waals surface area contributed by atoms with Crippen LogP contribution in [0.25, 0.3) is 10.6 Å². The van der Waals surface area contributed by atoms with E-state index in [9.17, 15) is 0 Å². The summed E-state index contributed by atoms with van der Waals surface area (Å²) in [6.45, 7) is 1.96. The van der Waals surface area contributed by atoms with Crippen molar-refractivity contribution in [2.75, 3.05) is 5.73 Å². The number of benzene rings is 1. The molecule has 1 aromatic heterocycles. The summed E-state index contributed by atoms with van der Waals surface area (Å²) >= 11 is 10.9. The zero-order valence-corrected chi connectivity index (χ0v) is 11.1. The number of hydrogen-bond donors (Lipinski definition) is 1. The summed E-state index contributed by atoms with van der Waals surface area (Å²) in [6, 6.07) is 5.72. The van der Waals surface area contributed by atoms with Gasteiger partial charge in [0.1, 0.15) is 10.8 Å². The predicted molar refractivity (Wildman–Crippen MR) is 69.4 cm³/mol. The third-order valence-corrected chi connectivity index (χ3v) is 4.25. The van der Waals surface area contributed by atoms with Crippen LogP contribution in [-0.4, -0.2) is 4.98 Å². The van der Waals surface area contributed by atoms with Gasteiger partial charge in [0.15, 0.2) is 0 Å². The van der Waals surface area contributed by atoms with Gasteiger partial charge in [-0.05, 0) is 35.0 Å². The van der Waals surface area contributed by atoms with Crippen molar-refractivity contribution in [3.8, 4) is 10.6 Å². The number of nitrogens with two attached hydrogens (primary N) is 1. The Morgan fingerprint density at radius 1 is 1.47 bits per heavy atom. The standard InChI is InChI=1S/C10H8BrClN2S/c1-5-9(13)14-10(15-5)6-2-3-8(12)7(11)4-6/h2-4H,13H2,1H3. The number of hydrogen-bond acceptors (Lipinski definition) is 3. The molecule has 0 amide bonds. The Morgan fingerprint density at radius 3 is 2.73 bits per heavy atom. The molecule has 0 aliphatic heterocycles. The van der Waals surface area contributed by atoms with Crippen molar-refractivity contribution >= 4 is 44.7 Å². The van der Waals surface area contributed by atoms with Gasteiger partial charge in [0.05, 0.1) is 5.02 Å². The van der Waals surface area contributed by atoms with Gasteiger partial charge < -0.3 is 5.73 Å². The first-order valence-electron chi connectivity index (χ1n) is 4.26. The van der Waals surface area contributed by atoms with Gasteiger partial charge in [0.2, 0.25) is 0 Å². The van der Waals surface area contributed by atoms with Gasteiger partial charge in [-0.15, -0.1) is 11.3 Å². The van der Waals surface area contributed by atoms with Crippen molar-refractivity contribution in [2.24, 2.45) is 0 Å². The first kappa shape index (κ1) is 10.9. The average Bonchev–Trinajstić information content (AvgIpc) is 2.52. The van der Waals surface area contributed by atoms with Crippen LogP contribution < -0.4 is 5.73 Å². The first-order valence-corrected chi connectivity index (χ1v) is 6.25. The third kappa shape index (κ3) is 2.17. The van der Waals surface area contributed by atoms with Crippen LogP contribution in [0, 0.1) is 6.92 Å². The van der Waals surface area contributed by atoms with E-state index in [0.717, 1.165) is 19.9 Å². The Bertz CT molecular complexity index is 491. The van der Waals surface area contributed by atoms with Crippen LogP contribution in [-0.2, 0) is 0 Å². The number of aryl methyl sites for hydroxylation is 1. The Kier molecular flexibility index (Phi) is 3.00. The van der Waals surface area contributed by atoms with Gasteiger partial charge in [-0.3, -0.25) is 0 Å². The highest BCUT2D eigenvalue weighted by Crippen LogP contribution is 2.32. The van der Waals surface area contributed by atoms with Crippen molar-refractivity contribution in [2.45, 2.75) is 6.92 Å². The summed E-state index contributed by atoms with van der Waals surface area (Å²) in [7, 11) is 0. The Labute approximate surface area is 105 Å². The van der Waals surface area contributed by atoms with Crippen molar-refractivity contribution in [3.05, 3.63) is 32.6 Å². The van der Waals surface area contributed by atoms with Crippen molar-refractivity contribution in [1.82, 2.24) is 4.98 Å². The number of aromatic nitrogens is 1. The summed E-state index contributed by atoms with van der Waals surface area (Å²) in [5.41, 5.74) is 6.73. The molecule has 0 unspecified atom stereocenters. The van der Waals surface area contributed by atoms with E-state index in [4.69, 9.17) is 17.3 Å². The van der Waals surface area contributed by atoms with Crippen LogP contribution in [0.5, 0.6) is 0 Å². The Hall–Kier alpha value is -0.580. The molecule has 2 aromatic rings. The number of thiazole rings is 1. The lowest BCUT2D eigenvalue weighted by atomic mass is 10.2. The van der Waals surface area contributed by atoms with Gasteiger partial charge in [-0.25, -0.2) is 4.98 Å². The van der Waals surface area contributed by atoms with E-state index in [2.05, 4.69) is 20.9 Å². The highest BCUT2D eigenvalue weighted by Gasteiger charge is 2.08. The molecule has 0 saturated carbocycles. The maximum Gasteiger partial charge on any atom is 0.138 e. The second kappa shape index (κ2) is 4.12. The number of halogens is 2. The van der Waals surface area contributed by atoms with E-state index in [1.54, 1.807) is 11.3 Å². The molecule has 5 heteroatoms. The average molecular weight is 304 g/mol. The second-order valence-corrected chi connectivity index (χ2v) is 5.55. The van der Waals surface area contributed by atoms with Crippen molar-refractivity contribution in [3.63, 3.8) is 0 Å². The minimum absolute atomic E-state index is 0.598. The Balaban J connectivity index is 2.49. The molecule has 2 rings (SSSR count). The molecule has 0 radical (unpaired) electrons. The molecular formula is C10H8BrClN2S. The van der Waals surface area contributed by atoms with E-state index in [0.29, 0.717) is 10.8 Å². The molecule has 0 fully saturated rings. The first-order chi connectivity index (χ1) is 7.08. The fourth-order valence-corrected chi connectivity index (χ4v) is 2.49. The molecule has 15 heavy (non-hydrogen) atoms. The molecular weight excluding hydrogens is 296 g/mol. The zero-order valence-electron chi connectivity index (χ0n) is 7.92. The molecule has 2 N–H and O–H groups in total. The minimum atomic E-state index is 0.598. The molecule has 0 saturated heterocycles. The van der Waals surface area contributed by atoms with E-state index < -0.39 is 0 Å². The molecule has 1 aromatic carbocycles. The predicted octanol–water partition coefficient (Wildman–Crippen LogP) is 4.12. The zero-order chi connectivity index (χ0) is 11.0. The summed E-state index contributed by atoms with van der Waals surface area (Å²) in [5.74, 6) is 0.598. The maximum atomic E-state index is 5.92. The quantitative estimate of drug-likeness (QED) is 0.861. The highest BCUT2D eigenvalue weighted by molar-refractivity contribution is 9.10. The number of nitrogens with zero attached hydrogens (tertiary/aromatic N) is 1.